The quantitative estimate of drug-likeness (QED) is 0.394. The number of nitrogens with one attached hydrogen (secondary N) is 2. The van der Waals surface area contributed by atoms with Crippen molar-refractivity contribution in [3.8, 4) is 11.7 Å². The van der Waals surface area contributed by atoms with Gasteiger partial charge in [-0.3, -0.25) is 9.36 Å². The molecule has 1 saturated carbocycles. The first-order valence-corrected chi connectivity index (χ1v) is 14.5. The Morgan fingerprint density at radius 1 is 1.07 bits per heavy atom. The first-order valence-electron chi connectivity index (χ1n) is 14.5. The van der Waals surface area contributed by atoms with Crippen LogP contribution in [-0.2, 0) is 14.3 Å². The van der Waals surface area contributed by atoms with Gasteiger partial charge in [0.2, 0.25) is 17.7 Å². The van der Waals surface area contributed by atoms with Gasteiger partial charge >= 0.3 is 6.09 Å². The van der Waals surface area contributed by atoms with Crippen molar-refractivity contribution in [2.45, 2.75) is 70.6 Å². The molecule has 0 spiro atoms. The Morgan fingerprint density at radius 3 is 2.49 bits per heavy atom. The predicted molar refractivity (Wildman–Crippen MR) is 154 cm³/mol. The molecule has 2 fully saturated rings. The number of alkyl halides is 2. The molecule has 1 aromatic carbocycles. The fraction of sp³-hybridized carbons (Fsp3) is 0.552. The fourth-order valence-electron chi connectivity index (χ4n) is 5.15. The molecule has 5 rings (SSSR count). The van der Waals surface area contributed by atoms with Gasteiger partial charge in [0, 0.05) is 25.2 Å². The molecule has 3 aromatic rings. The molecule has 43 heavy (non-hydrogen) atoms. The Kier molecular flexibility index (Phi) is 9.23. The second-order valence-corrected chi connectivity index (χ2v) is 11.6. The van der Waals surface area contributed by atoms with Crippen LogP contribution >= 0.6 is 0 Å². The molecule has 12 nitrogen and oxygen atoms in total. The van der Waals surface area contributed by atoms with E-state index in [0.717, 1.165) is 0 Å². The van der Waals surface area contributed by atoms with Crippen LogP contribution in [0.3, 0.4) is 0 Å². The van der Waals surface area contributed by atoms with Gasteiger partial charge < -0.3 is 29.7 Å². The van der Waals surface area contributed by atoms with E-state index in [4.69, 9.17) is 14.2 Å². The summed E-state index contributed by atoms with van der Waals surface area (Å²) in [5.41, 5.74) is 0.297. The van der Waals surface area contributed by atoms with Crippen molar-refractivity contribution < 1.29 is 32.6 Å². The summed E-state index contributed by atoms with van der Waals surface area (Å²) in [5.74, 6) is 0.184. The van der Waals surface area contributed by atoms with E-state index in [9.17, 15) is 18.4 Å². The molecule has 2 N–H and O–H groups in total. The predicted octanol–water partition coefficient (Wildman–Crippen LogP) is 3.92. The van der Waals surface area contributed by atoms with E-state index in [2.05, 4.69) is 25.6 Å². The number of halogens is 2. The van der Waals surface area contributed by atoms with Crippen LogP contribution in [0, 0.1) is 0 Å². The highest BCUT2D eigenvalue weighted by Gasteiger charge is 2.27. The van der Waals surface area contributed by atoms with Crippen LogP contribution < -0.4 is 20.3 Å². The zero-order chi connectivity index (χ0) is 30.6. The van der Waals surface area contributed by atoms with Crippen LogP contribution in [0.2, 0.25) is 0 Å². The maximum atomic E-state index is 14.1. The van der Waals surface area contributed by atoms with E-state index in [-0.39, 0.29) is 36.3 Å². The lowest BCUT2D eigenvalue weighted by atomic mass is 9.93. The van der Waals surface area contributed by atoms with Gasteiger partial charge in [0.15, 0.2) is 5.82 Å². The number of nitrogens with zero attached hydrogens (tertiary/aromatic N) is 5. The lowest BCUT2D eigenvalue weighted by Crippen LogP contribution is -2.45. The number of hydrogen-bond donors (Lipinski definition) is 2. The Morgan fingerprint density at radius 2 is 1.79 bits per heavy atom. The van der Waals surface area contributed by atoms with Crippen molar-refractivity contribution in [3.63, 3.8) is 0 Å². The van der Waals surface area contributed by atoms with Gasteiger partial charge in [-0.15, -0.1) is 0 Å². The average molecular weight is 602 g/mol. The summed E-state index contributed by atoms with van der Waals surface area (Å²) in [6.45, 7) is 7.19. The molecule has 1 saturated heterocycles. The largest absolute Gasteiger partial charge is 0.474 e. The minimum absolute atomic E-state index is 0.0661. The van der Waals surface area contributed by atoms with Crippen LogP contribution in [0.4, 0.5) is 19.5 Å². The maximum absolute atomic E-state index is 14.1. The summed E-state index contributed by atoms with van der Waals surface area (Å²) in [6.07, 6.45) is -1.03. The number of fused-ring (bicyclic) bond motifs is 1. The Bertz CT molecular complexity index is 1430. The van der Waals surface area contributed by atoms with Crippen molar-refractivity contribution in [1.82, 2.24) is 30.2 Å². The number of hydrogen-bond acceptors (Lipinski definition) is 9. The smallest absolute Gasteiger partial charge is 0.408 e. The molecule has 0 unspecified atom stereocenters. The molecule has 1 aliphatic heterocycles. The summed E-state index contributed by atoms with van der Waals surface area (Å²) in [5, 5.41) is 5.41. The molecule has 2 aromatic heterocycles. The number of morpholine rings is 1. The Hall–Kier alpha value is -4.07. The lowest BCUT2D eigenvalue weighted by Gasteiger charge is -2.30. The summed E-state index contributed by atoms with van der Waals surface area (Å²) < 4.78 is 46.5. The van der Waals surface area contributed by atoms with E-state index in [1.807, 2.05) is 4.90 Å². The molecular weight excluding hydrogens is 564 g/mol. The highest BCUT2D eigenvalue weighted by atomic mass is 19.3. The van der Waals surface area contributed by atoms with Gasteiger partial charge in [0.1, 0.15) is 24.1 Å². The molecule has 2 amide bonds. The van der Waals surface area contributed by atoms with Gasteiger partial charge in [-0.1, -0.05) is 12.1 Å². The molecule has 3 heterocycles. The van der Waals surface area contributed by atoms with Gasteiger partial charge in [-0.05, 0) is 58.6 Å². The average Bonchev–Trinajstić information content (AvgIpc) is 3.37. The second kappa shape index (κ2) is 13.1. The molecular formula is C29H37F2N7O5. The number of alkyl carbamates (subject to hydrolysis) is 1. The lowest BCUT2D eigenvalue weighted by molar-refractivity contribution is -0.121. The summed E-state index contributed by atoms with van der Waals surface area (Å²) in [7, 11) is 0. The summed E-state index contributed by atoms with van der Waals surface area (Å²) >= 11 is 0. The third-order valence-corrected chi connectivity index (χ3v) is 7.10. The SMILES string of the molecule is CC(C)(C)OC(=O)NCC(=O)NC1CCC(Oc2cc(-n3c(C(F)F)nc4ccccc43)nc(N3CCOCC3)n2)CC1. The zero-order valence-electron chi connectivity index (χ0n) is 24.5. The van der Waals surface area contributed by atoms with Crippen LogP contribution in [0.5, 0.6) is 5.88 Å². The maximum Gasteiger partial charge on any atom is 0.408 e. The monoisotopic (exact) mass is 601 g/mol. The van der Waals surface area contributed by atoms with Gasteiger partial charge in [-0.2, -0.15) is 9.97 Å². The van der Waals surface area contributed by atoms with Crippen molar-refractivity contribution in [1.29, 1.82) is 0 Å². The van der Waals surface area contributed by atoms with E-state index >= 15 is 0 Å². The highest BCUT2D eigenvalue weighted by Crippen LogP contribution is 2.31. The van der Waals surface area contributed by atoms with E-state index in [0.29, 0.717) is 69.0 Å². The normalized spacial score (nSPS) is 19.3. The topological polar surface area (TPSA) is 133 Å². The summed E-state index contributed by atoms with van der Waals surface area (Å²) in [4.78, 5) is 39.6. The highest BCUT2D eigenvalue weighted by molar-refractivity contribution is 5.82. The first kappa shape index (κ1) is 30.4. The third-order valence-electron chi connectivity index (χ3n) is 7.10. The number of carbonyl (C=O) groups is 2. The van der Waals surface area contributed by atoms with Gasteiger partial charge in [-0.25, -0.2) is 18.6 Å². The molecule has 1 aliphatic carbocycles. The standard InChI is InChI=1S/C29H37F2N7O5/c1-29(2,3)43-28(40)32-17-23(39)33-18-8-10-19(11-9-18)42-24-16-22(35-27(36-24)37-12-14-41-15-13-37)38-21-7-5-4-6-20(21)34-26(38)25(30)31/h4-7,16,18-19,25H,8-15,17H2,1-3H3,(H,32,40)(H,33,39). The number of amides is 2. The number of ether oxygens (including phenoxy) is 3. The van der Waals surface area contributed by atoms with Crippen LogP contribution in [-0.4, -0.2) is 82.1 Å². The van der Waals surface area contributed by atoms with E-state index in [1.165, 1.54) is 4.57 Å². The van der Waals surface area contributed by atoms with Crippen LogP contribution in [0.1, 0.15) is 58.7 Å². The number of rotatable bonds is 8. The number of carbonyl (C=O) groups excluding carboxylic acids is 2. The number of aromatic nitrogens is 4. The number of para-hydroxylation sites is 2. The van der Waals surface area contributed by atoms with E-state index in [1.54, 1.807) is 51.1 Å². The third kappa shape index (κ3) is 7.86. The minimum atomic E-state index is -2.82. The number of anilines is 1. The van der Waals surface area contributed by atoms with Gasteiger partial charge in [0.25, 0.3) is 6.43 Å². The molecule has 0 radical (unpaired) electrons. The first-order chi connectivity index (χ1) is 20.6. The van der Waals surface area contributed by atoms with Crippen LogP contribution in [0.15, 0.2) is 30.3 Å². The molecule has 0 bridgehead atoms. The van der Waals surface area contributed by atoms with Crippen molar-refractivity contribution >= 4 is 29.0 Å². The molecule has 14 heteroatoms. The van der Waals surface area contributed by atoms with Crippen molar-refractivity contribution in [2.75, 3.05) is 37.7 Å². The summed E-state index contributed by atoms with van der Waals surface area (Å²) in [6, 6.07) is 8.43. The minimum Gasteiger partial charge on any atom is -0.474 e. The second-order valence-electron chi connectivity index (χ2n) is 11.6. The zero-order valence-corrected chi connectivity index (χ0v) is 24.5. The molecule has 0 atom stereocenters. The van der Waals surface area contributed by atoms with Crippen molar-refractivity contribution in [3.05, 3.63) is 36.2 Å². The van der Waals surface area contributed by atoms with Gasteiger partial charge in [0.05, 0.1) is 24.2 Å². The molecule has 232 valence electrons. The Balaban J connectivity index is 1.28. The fourth-order valence-corrected chi connectivity index (χ4v) is 5.15. The Labute approximate surface area is 248 Å². The van der Waals surface area contributed by atoms with Crippen molar-refractivity contribution in [2.24, 2.45) is 0 Å². The number of benzene rings is 1. The number of imidazole rings is 1. The van der Waals surface area contributed by atoms with Crippen LogP contribution in [0.25, 0.3) is 16.9 Å². The van der Waals surface area contributed by atoms with E-state index < -0.39 is 23.9 Å². The molecule has 2 aliphatic rings.